The lowest BCUT2D eigenvalue weighted by atomic mass is 9.96. The fourth-order valence-corrected chi connectivity index (χ4v) is 5.05. The summed E-state index contributed by atoms with van der Waals surface area (Å²) in [5.74, 6) is 6.18. The Kier molecular flexibility index (Phi) is 5.48. The van der Waals surface area contributed by atoms with Crippen molar-refractivity contribution in [3.63, 3.8) is 0 Å². The maximum absolute atomic E-state index is 6.18. The molecule has 0 saturated carbocycles. The number of dihydropyridines is 1. The monoisotopic (exact) mass is 370 g/mol. The molecule has 4 rings (SSSR count). The molecule has 0 aliphatic carbocycles. The van der Waals surface area contributed by atoms with E-state index < -0.39 is 0 Å². The Balaban J connectivity index is 1.17. The molecule has 4 nitrogen and oxygen atoms in total. The molecular weight excluding hydrogens is 340 g/mol. The van der Waals surface area contributed by atoms with Crippen LogP contribution in [0, 0.1) is 0 Å². The van der Waals surface area contributed by atoms with E-state index in [9.17, 15) is 0 Å². The highest BCUT2D eigenvalue weighted by atomic mass is 32.1. The molecular formula is C21H30N4S. The Labute approximate surface area is 161 Å². The van der Waals surface area contributed by atoms with E-state index in [0.717, 1.165) is 31.5 Å². The second-order valence-electron chi connectivity index (χ2n) is 7.66. The van der Waals surface area contributed by atoms with Crippen LogP contribution in [0.5, 0.6) is 0 Å². The number of fused-ring (bicyclic) bond motifs is 2. The lowest BCUT2D eigenvalue weighted by Crippen LogP contribution is -2.52. The van der Waals surface area contributed by atoms with Crippen molar-refractivity contribution in [3.8, 4) is 0 Å². The first kappa shape index (κ1) is 17.8. The lowest BCUT2D eigenvalue weighted by Gasteiger charge is -2.40. The summed E-state index contributed by atoms with van der Waals surface area (Å²) in [7, 11) is 0. The zero-order valence-electron chi connectivity index (χ0n) is 15.5. The molecule has 1 fully saturated rings. The fourth-order valence-electron chi connectivity index (χ4n) is 4.16. The largest absolute Gasteiger partial charge is 0.364 e. The molecule has 1 aromatic rings. The van der Waals surface area contributed by atoms with Crippen molar-refractivity contribution in [2.45, 2.75) is 57.7 Å². The standard InChI is InChI=1S/C21H30N4S/c1-16-6-7-17-8-9-19(23-21(17)25(16)22)5-3-2-4-12-24-13-10-20-18(15-24)11-14-26-20/h8-9,11,14,21,23H,1-7,10,12-13,15,22H2. The van der Waals surface area contributed by atoms with Crippen LogP contribution < -0.4 is 11.2 Å². The van der Waals surface area contributed by atoms with Gasteiger partial charge in [0.15, 0.2) is 0 Å². The summed E-state index contributed by atoms with van der Waals surface area (Å²) in [4.78, 5) is 4.21. The molecule has 1 saturated heterocycles. The Bertz CT molecular complexity index is 717. The van der Waals surface area contributed by atoms with Crippen LogP contribution in [0.25, 0.3) is 0 Å². The van der Waals surface area contributed by atoms with E-state index in [-0.39, 0.29) is 6.17 Å². The molecule has 1 atom stereocenters. The summed E-state index contributed by atoms with van der Waals surface area (Å²) in [6, 6.07) is 2.30. The van der Waals surface area contributed by atoms with Crippen molar-refractivity contribution < 1.29 is 0 Å². The minimum absolute atomic E-state index is 0.115. The Hall–Kier alpha value is -1.56. The van der Waals surface area contributed by atoms with Gasteiger partial charge in [-0.25, -0.2) is 5.84 Å². The number of rotatable bonds is 6. The summed E-state index contributed by atoms with van der Waals surface area (Å²) in [6.45, 7) is 7.67. The van der Waals surface area contributed by atoms with E-state index in [0.29, 0.717) is 0 Å². The van der Waals surface area contributed by atoms with Gasteiger partial charge in [-0.1, -0.05) is 19.1 Å². The smallest absolute Gasteiger partial charge is 0.135 e. The summed E-state index contributed by atoms with van der Waals surface area (Å²) in [6.07, 6.45) is 12.8. The van der Waals surface area contributed by atoms with Gasteiger partial charge >= 0.3 is 0 Å². The normalized spacial score (nSPS) is 23.0. The molecule has 0 aromatic carbocycles. The SMILES string of the molecule is C=C1CCC2=CC=C(CCCCCN3CCc4sccc4C3)NC2N1N. The molecule has 0 radical (unpaired) electrons. The molecule has 26 heavy (non-hydrogen) atoms. The number of thiophene rings is 1. The highest BCUT2D eigenvalue weighted by Gasteiger charge is 2.28. The quantitative estimate of drug-likeness (QED) is 0.589. The van der Waals surface area contributed by atoms with E-state index in [1.807, 2.05) is 11.3 Å². The molecule has 4 heterocycles. The third-order valence-electron chi connectivity index (χ3n) is 5.82. The van der Waals surface area contributed by atoms with Crippen molar-refractivity contribution in [2.24, 2.45) is 5.84 Å². The van der Waals surface area contributed by atoms with Crippen LogP contribution in [-0.2, 0) is 13.0 Å². The van der Waals surface area contributed by atoms with Gasteiger partial charge in [0.2, 0.25) is 0 Å². The molecule has 0 amide bonds. The van der Waals surface area contributed by atoms with Crippen LogP contribution >= 0.6 is 11.3 Å². The van der Waals surface area contributed by atoms with Crippen molar-refractivity contribution in [1.82, 2.24) is 15.2 Å². The van der Waals surface area contributed by atoms with Gasteiger partial charge < -0.3 is 5.32 Å². The summed E-state index contributed by atoms with van der Waals surface area (Å²) in [5, 5.41) is 7.65. The average molecular weight is 371 g/mol. The van der Waals surface area contributed by atoms with Gasteiger partial charge in [-0.2, -0.15) is 0 Å². The van der Waals surface area contributed by atoms with Gasteiger partial charge in [0.25, 0.3) is 0 Å². The first-order valence-corrected chi connectivity index (χ1v) is 10.7. The summed E-state index contributed by atoms with van der Waals surface area (Å²) >= 11 is 1.92. The minimum atomic E-state index is 0.115. The molecule has 3 N–H and O–H groups in total. The Morgan fingerprint density at radius 2 is 2.12 bits per heavy atom. The van der Waals surface area contributed by atoms with Crippen LogP contribution in [0.15, 0.2) is 47.1 Å². The highest BCUT2D eigenvalue weighted by Crippen LogP contribution is 2.29. The van der Waals surface area contributed by atoms with E-state index in [4.69, 9.17) is 5.84 Å². The van der Waals surface area contributed by atoms with E-state index in [1.54, 1.807) is 15.4 Å². The zero-order valence-corrected chi connectivity index (χ0v) is 16.4. The van der Waals surface area contributed by atoms with Crippen molar-refractivity contribution in [2.75, 3.05) is 13.1 Å². The van der Waals surface area contributed by atoms with Crippen LogP contribution in [-0.4, -0.2) is 29.2 Å². The molecule has 0 bridgehead atoms. The van der Waals surface area contributed by atoms with Crippen LogP contribution in [0.1, 0.15) is 49.0 Å². The number of nitrogens with two attached hydrogens (primary N) is 1. The van der Waals surface area contributed by atoms with Gasteiger partial charge in [-0.15, -0.1) is 11.3 Å². The van der Waals surface area contributed by atoms with Crippen LogP contribution in [0.2, 0.25) is 0 Å². The third kappa shape index (κ3) is 3.90. The average Bonchev–Trinajstić information content (AvgIpc) is 3.12. The molecule has 5 heteroatoms. The number of unbranched alkanes of at least 4 members (excludes halogenated alkanes) is 2. The summed E-state index contributed by atoms with van der Waals surface area (Å²) in [5.41, 5.74) is 5.27. The predicted octanol–water partition coefficient (Wildman–Crippen LogP) is 3.89. The second kappa shape index (κ2) is 7.99. The lowest BCUT2D eigenvalue weighted by molar-refractivity contribution is 0.225. The maximum Gasteiger partial charge on any atom is 0.135 e. The Morgan fingerprint density at radius 1 is 1.19 bits per heavy atom. The molecule has 140 valence electrons. The number of hydrazine groups is 1. The van der Waals surface area contributed by atoms with E-state index in [2.05, 4.69) is 40.4 Å². The van der Waals surface area contributed by atoms with Crippen LogP contribution in [0.3, 0.4) is 0 Å². The van der Waals surface area contributed by atoms with Gasteiger partial charge in [-0.3, -0.25) is 9.91 Å². The molecule has 3 aliphatic rings. The van der Waals surface area contributed by atoms with E-state index in [1.165, 1.54) is 50.0 Å². The first-order valence-electron chi connectivity index (χ1n) is 9.86. The third-order valence-corrected chi connectivity index (χ3v) is 6.85. The molecule has 1 unspecified atom stereocenters. The van der Waals surface area contributed by atoms with Crippen molar-refractivity contribution in [1.29, 1.82) is 0 Å². The maximum atomic E-state index is 6.18. The van der Waals surface area contributed by atoms with Crippen LogP contribution in [0.4, 0.5) is 0 Å². The first-order chi connectivity index (χ1) is 12.7. The Morgan fingerprint density at radius 3 is 3.04 bits per heavy atom. The second-order valence-corrected chi connectivity index (χ2v) is 8.66. The zero-order chi connectivity index (χ0) is 17.9. The topological polar surface area (TPSA) is 44.5 Å². The van der Waals surface area contributed by atoms with E-state index >= 15 is 0 Å². The molecule has 0 spiro atoms. The summed E-state index contributed by atoms with van der Waals surface area (Å²) < 4.78 is 0. The number of nitrogens with zero attached hydrogens (tertiary/aromatic N) is 2. The minimum Gasteiger partial charge on any atom is -0.364 e. The van der Waals surface area contributed by atoms with Gasteiger partial charge in [0.1, 0.15) is 6.17 Å². The highest BCUT2D eigenvalue weighted by molar-refractivity contribution is 7.10. The number of hydrogen-bond donors (Lipinski definition) is 2. The predicted molar refractivity (Wildman–Crippen MR) is 109 cm³/mol. The number of nitrogens with one attached hydrogen (secondary N) is 1. The molecule has 3 aliphatic heterocycles. The number of hydrogen-bond acceptors (Lipinski definition) is 5. The van der Waals surface area contributed by atoms with Gasteiger partial charge in [-0.05, 0) is 73.7 Å². The van der Waals surface area contributed by atoms with Crippen molar-refractivity contribution >= 4 is 11.3 Å². The van der Waals surface area contributed by atoms with Gasteiger partial charge in [0, 0.05) is 29.4 Å². The van der Waals surface area contributed by atoms with Gasteiger partial charge in [0.05, 0.1) is 0 Å². The number of piperidine rings is 1. The van der Waals surface area contributed by atoms with Crippen molar-refractivity contribution in [3.05, 3.63) is 57.6 Å². The number of allylic oxidation sites excluding steroid dienone is 4. The molecule has 1 aromatic heterocycles. The fraction of sp³-hybridized carbons (Fsp3) is 0.524.